The van der Waals surface area contributed by atoms with E-state index in [0.717, 1.165) is 33.4 Å². The number of ether oxygens (including phenoxy) is 3. The molecule has 0 spiro atoms. The summed E-state index contributed by atoms with van der Waals surface area (Å²) in [5.41, 5.74) is 5.62. The van der Waals surface area contributed by atoms with Gasteiger partial charge in [0.25, 0.3) is 0 Å². The van der Waals surface area contributed by atoms with Crippen LogP contribution < -0.4 is 0 Å². The number of aromatic hydroxyl groups is 2. The molecule has 4 aromatic rings. The van der Waals surface area contributed by atoms with Gasteiger partial charge in [-0.2, -0.15) is 0 Å². The van der Waals surface area contributed by atoms with Crippen molar-refractivity contribution in [2.45, 2.75) is 24.4 Å². The van der Waals surface area contributed by atoms with Crippen molar-refractivity contribution in [1.82, 2.24) is 0 Å². The molecule has 0 bridgehead atoms. The highest BCUT2D eigenvalue weighted by atomic mass is 16.6. The summed E-state index contributed by atoms with van der Waals surface area (Å²) < 4.78 is 17.7. The molecule has 0 radical (unpaired) electrons. The summed E-state index contributed by atoms with van der Waals surface area (Å²) in [7, 11) is 0. The van der Waals surface area contributed by atoms with Crippen molar-refractivity contribution in [3.8, 4) is 33.8 Å². The fraction of sp³-hybridized carbons (Fsp3) is 0.200. The van der Waals surface area contributed by atoms with Crippen molar-refractivity contribution in [3.63, 3.8) is 0 Å². The summed E-state index contributed by atoms with van der Waals surface area (Å²) in [5.74, 6) is 0.467. The normalized spacial score (nSPS) is 22.6. The molecular weight excluding hydrogens is 440 g/mol. The van der Waals surface area contributed by atoms with Gasteiger partial charge in [-0.25, -0.2) is 0 Å². The Morgan fingerprint density at radius 3 is 1.40 bits per heavy atom. The fourth-order valence-corrected chi connectivity index (χ4v) is 4.79. The smallest absolute Gasteiger partial charge is 0.122 e. The van der Waals surface area contributed by atoms with Crippen molar-refractivity contribution < 1.29 is 24.4 Å². The highest BCUT2D eigenvalue weighted by molar-refractivity contribution is 5.72. The maximum atomic E-state index is 10.5. The number of hydrogen-bond acceptors (Lipinski definition) is 5. The minimum absolute atomic E-state index is 0.118. The molecule has 176 valence electrons. The van der Waals surface area contributed by atoms with Crippen LogP contribution in [-0.2, 0) is 14.2 Å². The Kier molecular flexibility index (Phi) is 5.74. The van der Waals surface area contributed by atoms with Crippen molar-refractivity contribution in [1.29, 1.82) is 0 Å². The van der Waals surface area contributed by atoms with Gasteiger partial charge in [-0.1, -0.05) is 84.9 Å². The Labute approximate surface area is 204 Å². The van der Waals surface area contributed by atoms with Gasteiger partial charge < -0.3 is 24.4 Å². The van der Waals surface area contributed by atoms with Crippen LogP contribution in [0, 0.1) is 0 Å². The summed E-state index contributed by atoms with van der Waals surface area (Å²) in [6.45, 7) is 0.818. The first-order valence-corrected chi connectivity index (χ1v) is 11.8. The lowest BCUT2D eigenvalue weighted by molar-refractivity contribution is 0.102. The van der Waals surface area contributed by atoms with Crippen LogP contribution in [0.15, 0.2) is 97.1 Å². The van der Waals surface area contributed by atoms with E-state index in [2.05, 4.69) is 0 Å². The Morgan fingerprint density at radius 2 is 0.971 bits per heavy atom. The molecule has 2 aliphatic rings. The van der Waals surface area contributed by atoms with Gasteiger partial charge >= 0.3 is 0 Å². The Balaban J connectivity index is 1.09. The lowest BCUT2D eigenvalue weighted by Gasteiger charge is -2.10. The monoisotopic (exact) mass is 466 g/mol. The summed E-state index contributed by atoms with van der Waals surface area (Å²) in [5, 5.41) is 21.1. The van der Waals surface area contributed by atoms with Gasteiger partial charge in [-0.15, -0.1) is 0 Å². The molecule has 5 heteroatoms. The van der Waals surface area contributed by atoms with Gasteiger partial charge in [0.15, 0.2) is 0 Å². The fourth-order valence-electron chi connectivity index (χ4n) is 4.79. The third-order valence-electron chi connectivity index (χ3n) is 6.63. The summed E-state index contributed by atoms with van der Waals surface area (Å²) in [6.07, 6.45) is -0.642. The molecule has 0 aromatic heterocycles. The second-order valence-electron chi connectivity index (χ2n) is 8.94. The van der Waals surface area contributed by atoms with E-state index in [0.29, 0.717) is 13.2 Å². The van der Waals surface area contributed by atoms with Crippen LogP contribution in [0.1, 0.15) is 23.3 Å². The van der Waals surface area contributed by atoms with E-state index in [1.165, 1.54) is 0 Å². The van der Waals surface area contributed by atoms with Crippen LogP contribution in [0.5, 0.6) is 11.5 Å². The Hall–Kier alpha value is -3.64. The van der Waals surface area contributed by atoms with Gasteiger partial charge in [-0.3, -0.25) is 0 Å². The zero-order chi connectivity index (χ0) is 23.8. The van der Waals surface area contributed by atoms with Gasteiger partial charge in [0.05, 0.1) is 13.2 Å². The van der Waals surface area contributed by atoms with E-state index in [-0.39, 0.29) is 35.9 Å². The van der Waals surface area contributed by atoms with E-state index in [1.54, 1.807) is 12.1 Å². The molecule has 35 heavy (non-hydrogen) atoms. The van der Waals surface area contributed by atoms with Crippen LogP contribution in [0.2, 0.25) is 0 Å². The molecule has 6 rings (SSSR count). The zero-order valence-electron chi connectivity index (χ0n) is 19.1. The average molecular weight is 467 g/mol. The maximum absolute atomic E-state index is 10.5. The Morgan fingerprint density at radius 1 is 0.543 bits per heavy atom. The third kappa shape index (κ3) is 4.42. The minimum Gasteiger partial charge on any atom is -0.508 e. The predicted molar refractivity (Wildman–Crippen MR) is 133 cm³/mol. The zero-order valence-corrected chi connectivity index (χ0v) is 19.1. The molecule has 4 atom stereocenters. The first kappa shape index (κ1) is 21.9. The number of phenols is 2. The largest absolute Gasteiger partial charge is 0.508 e. The standard InChI is InChI=1S/C30H26O5/c31-23-15-7-13-21(19-9-3-1-4-10-19)27(23)29-25(34-29)17-33-18-26-30(35-26)28-22(14-8-16-24(28)32)20-11-5-2-6-12-20/h1-16,25-26,29-32H,17-18H2. The van der Waals surface area contributed by atoms with Crippen molar-refractivity contribution in [3.05, 3.63) is 108 Å². The van der Waals surface area contributed by atoms with Crippen LogP contribution in [0.25, 0.3) is 22.3 Å². The van der Waals surface area contributed by atoms with Crippen LogP contribution >= 0.6 is 0 Å². The number of phenolic OH excluding ortho intramolecular Hbond substituents is 2. The number of rotatable bonds is 8. The molecular formula is C30H26O5. The molecule has 2 aliphatic heterocycles. The van der Waals surface area contributed by atoms with E-state index >= 15 is 0 Å². The molecule has 2 N–H and O–H groups in total. The van der Waals surface area contributed by atoms with Crippen LogP contribution in [-0.4, -0.2) is 35.6 Å². The van der Waals surface area contributed by atoms with E-state index < -0.39 is 0 Å². The third-order valence-corrected chi connectivity index (χ3v) is 6.63. The lowest BCUT2D eigenvalue weighted by Crippen LogP contribution is -2.09. The van der Waals surface area contributed by atoms with Crippen molar-refractivity contribution >= 4 is 0 Å². The average Bonchev–Trinajstić information content (AvgIpc) is 3.82. The second-order valence-corrected chi connectivity index (χ2v) is 8.94. The predicted octanol–water partition coefficient (Wildman–Crippen LogP) is 6.03. The minimum atomic E-state index is -0.204. The van der Waals surface area contributed by atoms with Gasteiger partial charge in [0, 0.05) is 11.1 Å². The van der Waals surface area contributed by atoms with Gasteiger partial charge in [0.1, 0.15) is 35.9 Å². The number of epoxide rings is 2. The van der Waals surface area contributed by atoms with E-state index in [9.17, 15) is 10.2 Å². The highest BCUT2D eigenvalue weighted by Crippen LogP contribution is 2.49. The molecule has 0 aliphatic carbocycles. The Bertz CT molecular complexity index is 1220. The summed E-state index contributed by atoms with van der Waals surface area (Å²) in [6, 6.07) is 31.1. The van der Waals surface area contributed by atoms with Gasteiger partial charge in [0.2, 0.25) is 0 Å². The molecule has 4 aromatic carbocycles. The topological polar surface area (TPSA) is 74.8 Å². The van der Waals surface area contributed by atoms with E-state index in [4.69, 9.17) is 14.2 Å². The van der Waals surface area contributed by atoms with Crippen LogP contribution in [0.3, 0.4) is 0 Å². The maximum Gasteiger partial charge on any atom is 0.122 e. The van der Waals surface area contributed by atoms with Crippen LogP contribution in [0.4, 0.5) is 0 Å². The van der Waals surface area contributed by atoms with Crippen molar-refractivity contribution in [2.24, 2.45) is 0 Å². The number of hydrogen-bond donors (Lipinski definition) is 2. The summed E-state index contributed by atoms with van der Waals surface area (Å²) in [4.78, 5) is 0. The van der Waals surface area contributed by atoms with Crippen molar-refractivity contribution in [2.75, 3.05) is 13.2 Å². The lowest BCUT2D eigenvalue weighted by atomic mass is 9.95. The number of benzene rings is 4. The molecule has 0 saturated carbocycles. The summed E-state index contributed by atoms with van der Waals surface area (Å²) >= 11 is 0. The molecule has 2 heterocycles. The molecule has 2 fully saturated rings. The highest BCUT2D eigenvalue weighted by Gasteiger charge is 2.46. The molecule has 5 nitrogen and oxygen atoms in total. The molecule has 0 amide bonds. The second kappa shape index (κ2) is 9.19. The van der Waals surface area contributed by atoms with Gasteiger partial charge in [-0.05, 0) is 34.4 Å². The SMILES string of the molecule is Oc1cccc(-c2ccccc2)c1C1OC1COCC1OC1c1c(O)cccc1-c1ccccc1. The quantitative estimate of drug-likeness (QED) is 0.310. The first-order chi connectivity index (χ1) is 17.2. The first-order valence-electron chi connectivity index (χ1n) is 11.8. The van der Waals surface area contributed by atoms with E-state index in [1.807, 2.05) is 84.9 Å². The molecule has 4 unspecified atom stereocenters. The molecule has 2 saturated heterocycles.